The van der Waals surface area contributed by atoms with Crippen molar-refractivity contribution in [3.63, 3.8) is 0 Å². The summed E-state index contributed by atoms with van der Waals surface area (Å²) in [5, 5.41) is 4.43. The number of nitrogens with zero attached hydrogens (tertiary/aromatic N) is 4. The monoisotopic (exact) mass is 386 g/mol. The molecule has 4 rings (SSSR count). The van der Waals surface area contributed by atoms with Crippen molar-refractivity contribution >= 4 is 17.5 Å². The largest absolute Gasteiger partial charge is 0.339 e. The highest BCUT2D eigenvalue weighted by Gasteiger charge is 2.28. The number of carbonyl (C=O) groups excluding carboxylic acids is 1. The molecule has 0 aliphatic carbocycles. The van der Waals surface area contributed by atoms with Crippen LogP contribution in [-0.2, 0) is 0 Å². The average Bonchev–Trinajstić information content (AvgIpc) is 3.18. The van der Waals surface area contributed by atoms with Crippen LogP contribution in [0.4, 0.5) is 4.39 Å². The van der Waals surface area contributed by atoms with Gasteiger partial charge in [0, 0.05) is 30.8 Å². The molecule has 0 bridgehead atoms. The van der Waals surface area contributed by atoms with Crippen molar-refractivity contribution < 1.29 is 13.7 Å². The minimum absolute atomic E-state index is 0.0875. The highest BCUT2D eigenvalue weighted by Crippen LogP contribution is 2.29. The lowest BCUT2D eigenvalue weighted by atomic mass is 9.95. The topological polar surface area (TPSA) is 72.1 Å². The van der Waals surface area contributed by atoms with E-state index in [4.69, 9.17) is 16.1 Å². The maximum absolute atomic E-state index is 13.8. The summed E-state index contributed by atoms with van der Waals surface area (Å²) in [5.74, 6) is 0.301. The second-order valence-electron chi connectivity index (χ2n) is 6.37. The molecule has 1 aliphatic heterocycles. The molecule has 0 saturated carbocycles. The molecule has 0 spiro atoms. The lowest BCUT2D eigenvalue weighted by Crippen LogP contribution is -2.38. The molecule has 1 saturated heterocycles. The Morgan fingerprint density at radius 3 is 2.74 bits per heavy atom. The van der Waals surface area contributed by atoms with Crippen LogP contribution in [0, 0.1) is 5.82 Å². The molecule has 1 fully saturated rings. The van der Waals surface area contributed by atoms with Gasteiger partial charge in [0.25, 0.3) is 11.8 Å². The Bertz CT molecular complexity index is 970. The molecule has 0 atom stereocenters. The number of amides is 1. The summed E-state index contributed by atoms with van der Waals surface area (Å²) in [6.45, 7) is 1.03. The van der Waals surface area contributed by atoms with Crippen molar-refractivity contribution in [2.75, 3.05) is 13.1 Å². The third-order valence-electron chi connectivity index (χ3n) is 4.67. The molecular weight excluding hydrogens is 371 g/mol. The number of carbonyl (C=O) groups is 1. The number of rotatable bonds is 3. The van der Waals surface area contributed by atoms with E-state index in [1.165, 1.54) is 12.1 Å². The summed E-state index contributed by atoms with van der Waals surface area (Å²) in [7, 11) is 0. The predicted octanol–water partition coefficient (Wildman–Crippen LogP) is 3.94. The van der Waals surface area contributed by atoms with Crippen LogP contribution < -0.4 is 0 Å². The number of aromatic nitrogens is 3. The minimum Gasteiger partial charge on any atom is -0.339 e. The first-order chi connectivity index (χ1) is 13.1. The van der Waals surface area contributed by atoms with Gasteiger partial charge in [-0.2, -0.15) is 4.98 Å². The molecule has 2 aromatic heterocycles. The average molecular weight is 387 g/mol. The van der Waals surface area contributed by atoms with Gasteiger partial charge in [-0.25, -0.2) is 9.37 Å². The molecule has 27 heavy (non-hydrogen) atoms. The zero-order valence-corrected chi connectivity index (χ0v) is 15.1. The van der Waals surface area contributed by atoms with Crippen LogP contribution in [0.3, 0.4) is 0 Å². The van der Waals surface area contributed by atoms with E-state index in [2.05, 4.69) is 15.1 Å². The van der Waals surface area contributed by atoms with Crippen LogP contribution in [0.1, 0.15) is 34.9 Å². The van der Waals surface area contributed by atoms with Crippen LogP contribution in [0.2, 0.25) is 5.15 Å². The first kappa shape index (κ1) is 17.6. The number of hydrogen-bond donors (Lipinski definition) is 0. The van der Waals surface area contributed by atoms with Crippen LogP contribution in [0.5, 0.6) is 0 Å². The molecule has 1 aromatic carbocycles. The van der Waals surface area contributed by atoms with Crippen molar-refractivity contribution in [2.24, 2.45) is 0 Å². The highest BCUT2D eigenvalue weighted by atomic mass is 35.5. The molecule has 1 aliphatic rings. The van der Waals surface area contributed by atoms with E-state index in [-0.39, 0.29) is 17.4 Å². The lowest BCUT2D eigenvalue weighted by Gasteiger charge is -2.30. The van der Waals surface area contributed by atoms with Gasteiger partial charge < -0.3 is 9.42 Å². The fourth-order valence-electron chi connectivity index (χ4n) is 3.20. The summed E-state index contributed by atoms with van der Waals surface area (Å²) in [6, 6.07) is 9.45. The molecule has 8 heteroatoms. The third-order valence-corrected chi connectivity index (χ3v) is 4.87. The second kappa shape index (κ2) is 7.44. The van der Waals surface area contributed by atoms with E-state index in [0.29, 0.717) is 48.4 Å². The molecule has 0 radical (unpaired) electrons. The number of pyridine rings is 1. The van der Waals surface area contributed by atoms with Gasteiger partial charge in [0.05, 0.1) is 5.56 Å². The van der Waals surface area contributed by atoms with Gasteiger partial charge in [0.15, 0.2) is 5.82 Å². The van der Waals surface area contributed by atoms with Crippen molar-refractivity contribution in [1.29, 1.82) is 0 Å². The highest BCUT2D eigenvalue weighted by molar-refractivity contribution is 6.29. The smallest absolute Gasteiger partial charge is 0.258 e. The summed E-state index contributed by atoms with van der Waals surface area (Å²) in [6.07, 6.45) is 2.96. The van der Waals surface area contributed by atoms with Crippen molar-refractivity contribution in [2.45, 2.75) is 18.8 Å². The van der Waals surface area contributed by atoms with Crippen LogP contribution in [0.15, 0.2) is 47.1 Å². The second-order valence-corrected chi connectivity index (χ2v) is 6.76. The van der Waals surface area contributed by atoms with Crippen molar-refractivity contribution in [3.05, 3.63) is 65.0 Å². The van der Waals surface area contributed by atoms with Gasteiger partial charge in [0.1, 0.15) is 11.0 Å². The Balaban J connectivity index is 1.43. The zero-order chi connectivity index (χ0) is 18.8. The van der Waals surface area contributed by atoms with Crippen LogP contribution in [-0.4, -0.2) is 39.0 Å². The number of piperidine rings is 1. The van der Waals surface area contributed by atoms with E-state index >= 15 is 0 Å². The van der Waals surface area contributed by atoms with E-state index in [1.54, 1.807) is 35.4 Å². The molecule has 3 heterocycles. The third kappa shape index (κ3) is 3.68. The summed E-state index contributed by atoms with van der Waals surface area (Å²) in [5.41, 5.74) is 0.813. The molecule has 138 valence electrons. The Morgan fingerprint density at radius 2 is 2.00 bits per heavy atom. The Hall–Kier alpha value is -2.80. The maximum atomic E-state index is 13.8. The number of halogens is 2. The lowest BCUT2D eigenvalue weighted by molar-refractivity contribution is 0.0706. The number of likely N-dealkylation sites (tertiary alicyclic amines) is 1. The SMILES string of the molecule is O=C(c1ccccc1F)N1CCC(c2noc(-c3ccnc(Cl)c3)n2)CC1. The van der Waals surface area contributed by atoms with Gasteiger partial charge in [0.2, 0.25) is 0 Å². The number of hydrogen-bond acceptors (Lipinski definition) is 5. The maximum Gasteiger partial charge on any atom is 0.258 e. The molecule has 3 aromatic rings. The number of benzene rings is 1. The van der Waals surface area contributed by atoms with Crippen LogP contribution in [0.25, 0.3) is 11.5 Å². The van der Waals surface area contributed by atoms with Gasteiger partial charge in [-0.05, 0) is 37.1 Å². The Kier molecular flexibility index (Phi) is 4.85. The van der Waals surface area contributed by atoms with E-state index < -0.39 is 5.82 Å². The molecule has 0 N–H and O–H groups in total. The van der Waals surface area contributed by atoms with Gasteiger partial charge in [-0.3, -0.25) is 4.79 Å². The van der Waals surface area contributed by atoms with E-state index in [9.17, 15) is 9.18 Å². The van der Waals surface area contributed by atoms with Crippen LogP contribution >= 0.6 is 11.6 Å². The fourth-order valence-corrected chi connectivity index (χ4v) is 3.37. The quantitative estimate of drug-likeness (QED) is 0.637. The summed E-state index contributed by atoms with van der Waals surface area (Å²) in [4.78, 5) is 22.6. The van der Waals surface area contributed by atoms with E-state index in [0.717, 1.165) is 0 Å². The Morgan fingerprint density at radius 1 is 1.22 bits per heavy atom. The molecule has 1 amide bonds. The Labute approximate surface area is 160 Å². The summed E-state index contributed by atoms with van der Waals surface area (Å²) < 4.78 is 19.2. The fraction of sp³-hybridized carbons (Fsp3) is 0.263. The van der Waals surface area contributed by atoms with Gasteiger partial charge >= 0.3 is 0 Å². The normalized spacial score (nSPS) is 15.1. The molecule has 0 unspecified atom stereocenters. The van der Waals surface area contributed by atoms with E-state index in [1.807, 2.05) is 0 Å². The first-order valence-corrected chi connectivity index (χ1v) is 8.99. The summed E-state index contributed by atoms with van der Waals surface area (Å²) >= 11 is 5.89. The first-order valence-electron chi connectivity index (χ1n) is 8.61. The zero-order valence-electron chi connectivity index (χ0n) is 14.3. The molecular formula is C19H16ClFN4O2. The van der Waals surface area contributed by atoms with Crippen molar-refractivity contribution in [3.8, 4) is 11.5 Å². The van der Waals surface area contributed by atoms with Gasteiger partial charge in [-0.15, -0.1) is 0 Å². The van der Waals surface area contributed by atoms with Crippen molar-refractivity contribution in [1.82, 2.24) is 20.0 Å². The molecule has 6 nitrogen and oxygen atoms in total. The predicted molar refractivity (Wildman–Crippen MR) is 96.8 cm³/mol. The minimum atomic E-state index is -0.497. The van der Waals surface area contributed by atoms with Gasteiger partial charge in [-0.1, -0.05) is 28.9 Å². The standard InChI is InChI=1S/C19H16ClFN4O2/c20-16-11-13(5-8-22-16)18-23-17(24-27-18)12-6-9-25(10-7-12)19(26)14-3-1-2-4-15(14)21/h1-5,8,11-12H,6-7,9-10H2.